The van der Waals surface area contributed by atoms with Gasteiger partial charge in [-0.1, -0.05) is 78.9 Å². The largest absolute Gasteiger partial charge is 0.476 e. The topological polar surface area (TPSA) is 101 Å². The Labute approximate surface area is 200 Å². The highest BCUT2D eigenvalue weighted by atomic mass is 16.8. The summed E-state index contributed by atoms with van der Waals surface area (Å²) in [7, 11) is 0. The van der Waals surface area contributed by atoms with Gasteiger partial charge in [0.25, 0.3) is 11.0 Å². The van der Waals surface area contributed by atoms with Gasteiger partial charge in [0.15, 0.2) is 0 Å². The summed E-state index contributed by atoms with van der Waals surface area (Å²) in [5, 5.41) is 11.6. The zero-order valence-corrected chi connectivity index (χ0v) is 18.7. The minimum absolute atomic E-state index is 0.0224. The molecule has 1 saturated heterocycles. The van der Waals surface area contributed by atoms with E-state index in [0.717, 1.165) is 22.0 Å². The fourth-order valence-electron chi connectivity index (χ4n) is 4.14. The molecule has 35 heavy (non-hydrogen) atoms. The number of rotatable bonds is 7. The third-order valence-corrected chi connectivity index (χ3v) is 5.85. The van der Waals surface area contributed by atoms with Crippen molar-refractivity contribution < 1.29 is 29.1 Å². The number of nitrogens with one attached hydrogen (secondary N) is 1. The molecule has 1 fully saturated rings. The van der Waals surface area contributed by atoms with Crippen molar-refractivity contribution in [2.45, 2.75) is 25.2 Å². The van der Waals surface area contributed by atoms with E-state index in [1.165, 1.54) is 0 Å². The summed E-state index contributed by atoms with van der Waals surface area (Å²) in [6.07, 6.45) is 0.382. The molecule has 0 amide bonds. The van der Waals surface area contributed by atoms with Gasteiger partial charge in [0.05, 0.1) is 4.91 Å². The molecular formula is C27H23N2O6+. The van der Waals surface area contributed by atoms with Gasteiger partial charge in [-0.3, -0.25) is 0 Å². The number of esters is 1. The third kappa shape index (κ3) is 4.59. The number of nitrogens with zero attached hydrogens (tertiary/aromatic N) is 1. The van der Waals surface area contributed by atoms with E-state index in [9.17, 15) is 14.8 Å². The van der Waals surface area contributed by atoms with Crippen molar-refractivity contribution in [1.82, 2.24) is 4.98 Å². The first kappa shape index (κ1) is 22.2. The molecule has 0 saturated carbocycles. The first-order valence-corrected chi connectivity index (χ1v) is 11.1. The lowest BCUT2D eigenvalue weighted by Gasteiger charge is -2.12. The lowest BCUT2D eigenvalue weighted by Crippen LogP contribution is -2.28. The molecule has 2 atom stereocenters. The molecule has 1 aromatic heterocycles. The predicted octanol–water partition coefficient (Wildman–Crippen LogP) is 5.03. The number of fused-ring (bicyclic) bond motifs is 1. The van der Waals surface area contributed by atoms with Gasteiger partial charge in [0, 0.05) is 17.1 Å². The van der Waals surface area contributed by atoms with E-state index < -0.39 is 23.9 Å². The second-order valence-corrected chi connectivity index (χ2v) is 8.11. The van der Waals surface area contributed by atoms with Crippen molar-refractivity contribution in [3.8, 4) is 0 Å². The Morgan fingerprint density at radius 1 is 0.886 bits per heavy atom. The molecule has 1 aliphatic heterocycles. The molecule has 1 aliphatic rings. The van der Waals surface area contributed by atoms with Gasteiger partial charge in [0.2, 0.25) is 0 Å². The molecule has 5 rings (SSSR count). The zero-order chi connectivity index (χ0) is 24.2. The molecule has 0 spiro atoms. The van der Waals surface area contributed by atoms with Crippen LogP contribution in [-0.2, 0) is 32.3 Å². The van der Waals surface area contributed by atoms with Gasteiger partial charge >= 0.3 is 17.6 Å². The van der Waals surface area contributed by atoms with Crippen molar-refractivity contribution in [3.63, 3.8) is 0 Å². The molecule has 8 nitrogen and oxygen atoms in total. The SMILES string of the molecule is O=C(OCc1ccccc1)C1O[N+](=O)/C(=C(\O)OCc2ccccc2)C1c1c[nH]c2ccccc12. The maximum Gasteiger partial charge on any atom is 0.384 e. The number of carbonyl (C=O) groups is 1. The smallest absolute Gasteiger partial charge is 0.384 e. The van der Waals surface area contributed by atoms with E-state index in [2.05, 4.69) is 4.98 Å². The monoisotopic (exact) mass is 471 g/mol. The number of ether oxygens (including phenoxy) is 2. The molecule has 3 aromatic carbocycles. The van der Waals surface area contributed by atoms with Crippen LogP contribution in [0.3, 0.4) is 0 Å². The number of hydrogen-bond acceptors (Lipinski definition) is 6. The number of aliphatic hydroxyl groups excluding tert-OH is 1. The van der Waals surface area contributed by atoms with Gasteiger partial charge in [-0.25, -0.2) is 9.63 Å². The van der Waals surface area contributed by atoms with Crippen LogP contribution in [0.25, 0.3) is 10.9 Å². The molecule has 176 valence electrons. The zero-order valence-electron chi connectivity index (χ0n) is 18.7. The fraction of sp³-hybridized carbons (Fsp3) is 0.148. The van der Waals surface area contributed by atoms with Crippen molar-refractivity contribution >= 4 is 16.9 Å². The Morgan fingerprint density at radius 3 is 2.17 bits per heavy atom. The van der Waals surface area contributed by atoms with Crippen LogP contribution in [-0.4, -0.2) is 27.1 Å². The van der Waals surface area contributed by atoms with E-state index >= 15 is 0 Å². The van der Waals surface area contributed by atoms with E-state index in [1.54, 1.807) is 6.20 Å². The number of aliphatic hydroxyl groups is 1. The van der Waals surface area contributed by atoms with Gasteiger partial charge in [-0.2, -0.15) is 0 Å². The first-order chi connectivity index (χ1) is 17.1. The third-order valence-electron chi connectivity index (χ3n) is 5.85. The van der Waals surface area contributed by atoms with Crippen molar-refractivity contribution in [2.75, 3.05) is 0 Å². The maximum atomic E-state index is 13.1. The minimum atomic E-state index is -1.31. The molecule has 8 heteroatoms. The summed E-state index contributed by atoms with van der Waals surface area (Å²) in [4.78, 5) is 34.6. The highest BCUT2D eigenvalue weighted by molar-refractivity contribution is 5.86. The van der Waals surface area contributed by atoms with E-state index in [-0.39, 0.29) is 23.8 Å². The number of aromatic nitrogens is 1. The Morgan fingerprint density at radius 2 is 1.49 bits per heavy atom. The second-order valence-electron chi connectivity index (χ2n) is 8.11. The molecule has 2 N–H and O–H groups in total. The second kappa shape index (κ2) is 9.72. The van der Waals surface area contributed by atoms with Crippen LogP contribution in [0.4, 0.5) is 0 Å². The fourth-order valence-corrected chi connectivity index (χ4v) is 4.14. The van der Waals surface area contributed by atoms with Crippen LogP contribution < -0.4 is 0 Å². The van der Waals surface area contributed by atoms with Crippen LogP contribution in [0.15, 0.2) is 103 Å². The number of benzene rings is 3. The maximum absolute atomic E-state index is 13.1. The van der Waals surface area contributed by atoms with Gasteiger partial charge in [-0.05, 0) is 22.8 Å². The number of aromatic amines is 1. The average molecular weight is 471 g/mol. The Kier molecular flexibility index (Phi) is 6.17. The summed E-state index contributed by atoms with van der Waals surface area (Å²) in [5.74, 6) is -2.30. The normalized spacial score (nSPS) is 18.8. The standard InChI is InChI=1S/C27H22N2O6/c30-26(33-16-18-9-3-1-4-10-18)24-23(21-15-28-22-14-8-7-13-20(21)22)25(35-29(24)32)27(31)34-17-19-11-5-2-6-12-19/h1-15,23,25,28H,16-17H2/p+1. The number of para-hydroxylation sites is 1. The van der Waals surface area contributed by atoms with Crippen LogP contribution in [0.2, 0.25) is 0 Å². The van der Waals surface area contributed by atoms with E-state index in [0.29, 0.717) is 5.56 Å². The van der Waals surface area contributed by atoms with Crippen LogP contribution in [0.1, 0.15) is 22.6 Å². The molecule has 0 aliphatic carbocycles. The quantitative estimate of drug-likeness (QED) is 0.290. The summed E-state index contributed by atoms with van der Waals surface area (Å²) >= 11 is 0. The summed E-state index contributed by atoms with van der Waals surface area (Å²) < 4.78 is 11.0. The Balaban J connectivity index is 1.48. The van der Waals surface area contributed by atoms with Crippen LogP contribution in [0, 0.1) is 4.91 Å². The summed E-state index contributed by atoms with van der Waals surface area (Å²) in [6.45, 7) is 0.0578. The molecular weight excluding hydrogens is 448 g/mol. The highest BCUT2D eigenvalue weighted by Crippen LogP contribution is 2.41. The van der Waals surface area contributed by atoms with Crippen molar-refractivity contribution in [2.24, 2.45) is 0 Å². The lowest BCUT2D eigenvalue weighted by molar-refractivity contribution is -0.756. The van der Waals surface area contributed by atoms with Crippen molar-refractivity contribution in [3.05, 3.63) is 124 Å². The van der Waals surface area contributed by atoms with Gasteiger partial charge in [0.1, 0.15) is 19.1 Å². The molecule has 2 unspecified atom stereocenters. The number of hydrogen-bond donors (Lipinski definition) is 2. The highest BCUT2D eigenvalue weighted by Gasteiger charge is 2.58. The average Bonchev–Trinajstić information content (AvgIpc) is 3.47. The van der Waals surface area contributed by atoms with Crippen LogP contribution >= 0.6 is 0 Å². The first-order valence-electron chi connectivity index (χ1n) is 11.1. The van der Waals surface area contributed by atoms with Gasteiger partial charge < -0.3 is 19.6 Å². The molecule has 0 radical (unpaired) electrons. The van der Waals surface area contributed by atoms with E-state index in [4.69, 9.17) is 14.3 Å². The minimum Gasteiger partial charge on any atom is -0.476 e. The van der Waals surface area contributed by atoms with Crippen molar-refractivity contribution in [1.29, 1.82) is 0 Å². The lowest BCUT2D eigenvalue weighted by atomic mass is 9.91. The Bertz CT molecular complexity index is 1380. The number of carbonyl (C=O) groups excluding carboxylic acids is 1. The van der Waals surface area contributed by atoms with Crippen LogP contribution in [0.5, 0.6) is 0 Å². The summed E-state index contributed by atoms with van der Waals surface area (Å²) in [6, 6.07) is 25.9. The molecule has 4 aromatic rings. The van der Waals surface area contributed by atoms with E-state index in [1.807, 2.05) is 84.9 Å². The Hall–Kier alpha value is -4.59. The van der Waals surface area contributed by atoms with Gasteiger partial charge in [-0.15, -0.1) is 0 Å². The predicted molar refractivity (Wildman–Crippen MR) is 127 cm³/mol. The molecule has 0 bridgehead atoms. The summed E-state index contributed by atoms with van der Waals surface area (Å²) in [5.41, 5.74) is 2.81. The molecule has 2 heterocycles. The number of H-pyrrole nitrogens is 1.